The van der Waals surface area contributed by atoms with E-state index in [1.807, 2.05) is 13.8 Å². The van der Waals surface area contributed by atoms with E-state index in [2.05, 4.69) is 36.4 Å². The Labute approximate surface area is 130 Å². The number of hydrogen-bond donors (Lipinski definition) is 2. The van der Waals surface area contributed by atoms with E-state index < -0.39 is 6.04 Å². The fourth-order valence-corrected chi connectivity index (χ4v) is 2.71. The Morgan fingerprint density at radius 1 is 1.33 bits per heavy atom. The van der Waals surface area contributed by atoms with Crippen LogP contribution < -0.4 is 10.6 Å². The first kappa shape index (κ1) is 17.6. The van der Waals surface area contributed by atoms with Crippen LogP contribution in [-0.4, -0.2) is 29.9 Å². The molecule has 0 bridgehead atoms. The molecule has 1 rings (SSSR count). The van der Waals surface area contributed by atoms with Crippen molar-refractivity contribution in [3.63, 3.8) is 0 Å². The lowest BCUT2D eigenvalue weighted by atomic mass is 9.98. The SMILES string of the molecule is CNC(=O)[C@H](CC(C)C)NC(=O)c1cnc(C(C)(C)C)s1. The van der Waals surface area contributed by atoms with Crippen molar-refractivity contribution in [3.05, 3.63) is 16.1 Å². The van der Waals surface area contributed by atoms with Crippen molar-refractivity contribution in [2.75, 3.05) is 7.05 Å². The number of carbonyl (C=O) groups is 2. The average Bonchev–Trinajstić information content (AvgIpc) is 2.85. The van der Waals surface area contributed by atoms with Gasteiger partial charge in [-0.05, 0) is 12.3 Å². The van der Waals surface area contributed by atoms with E-state index in [0.717, 1.165) is 5.01 Å². The number of aromatic nitrogens is 1. The number of nitrogens with one attached hydrogen (secondary N) is 2. The second-order valence-corrected chi connectivity index (χ2v) is 7.58. The van der Waals surface area contributed by atoms with Crippen LogP contribution in [0.3, 0.4) is 0 Å². The van der Waals surface area contributed by atoms with Crippen LogP contribution in [0.1, 0.15) is 55.7 Å². The number of amides is 2. The summed E-state index contributed by atoms with van der Waals surface area (Å²) in [5, 5.41) is 6.30. The summed E-state index contributed by atoms with van der Waals surface area (Å²) in [6.45, 7) is 10.2. The quantitative estimate of drug-likeness (QED) is 0.876. The number of carbonyl (C=O) groups excluding carboxylic acids is 2. The number of hydrogen-bond acceptors (Lipinski definition) is 4. The Hall–Kier alpha value is -1.43. The van der Waals surface area contributed by atoms with Crippen LogP contribution in [0.5, 0.6) is 0 Å². The second kappa shape index (κ2) is 7.02. The minimum atomic E-state index is -0.511. The molecular weight excluding hydrogens is 286 g/mol. The maximum Gasteiger partial charge on any atom is 0.263 e. The predicted octanol–water partition coefficient (Wildman–Crippen LogP) is 2.33. The van der Waals surface area contributed by atoms with E-state index in [1.54, 1.807) is 13.2 Å². The Morgan fingerprint density at radius 3 is 2.38 bits per heavy atom. The first-order chi connectivity index (χ1) is 9.65. The molecule has 2 N–H and O–H groups in total. The third-order valence-corrected chi connectivity index (χ3v) is 4.37. The van der Waals surface area contributed by atoms with Gasteiger partial charge in [0.2, 0.25) is 5.91 Å². The number of rotatable bonds is 5. The molecule has 118 valence electrons. The molecule has 0 spiro atoms. The molecule has 0 aliphatic carbocycles. The summed E-state index contributed by atoms with van der Waals surface area (Å²) in [5.74, 6) is -0.0888. The van der Waals surface area contributed by atoms with Gasteiger partial charge >= 0.3 is 0 Å². The van der Waals surface area contributed by atoms with Crippen molar-refractivity contribution in [2.45, 2.75) is 52.5 Å². The van der Waals surface area contributed by atoms with Gasteiger partial charge in [-0.15, -0.1) is 11.3 Å². The molecule has 1 heterocycles. The van der Waals surface area contributed by atoms with Crippen molar-refractivity contribution in [3.8, 4) is 0 Å². The van der Waals surface area contributed by atoms with E-state index in [0.29, 0.717) is 17.2 Å². The lowest BCUT2D eigenvalue weighted by molar-refractivity contribution is -0.122. The third kappa shape index (κ3) is 5.12. The maximum absolute atomic E-state index is 12.3. The molecule has 0 saturated carbocycles. The zero-order chi connectivity index (χ0) is 16.2. The summed E-state index contributed by atoms with van der Waals surface area (Å²) in [4.78, 5) is 29.0. The summed E-state index contributed by atoms with van der Waals surface area (Å²) in [5.41, 5.74) is -0.0820. The standard InChI is InChI=1S/C15H25N3O2S/c1-9(2)7-10(12(19)16-6)18-13(20)11-8-17-14(21-11)15(3,4)5/h8-10H,7H2,1-6H3,(H,16,19)(H,18,20)/t10-/m0/s1. The van der Waals surface area contributed by atoms with Crippen molar-refractivity contribution in [1.29, 1.82) is 0 Å². The van der Waals surface area contributed by atoms with Crippen LogP contribution in [-0.2, 0) is 10.2 Å². The highest BCUT2D eigenvalue weighted by Crippen LogP contribution is 2.26. The minimum Gasteiger partial charge on any atom is -0.357 e. The van der Waals surface area contributed by atoms with Gasteiger partial charge in [0.15, 0.2) is 0 Å². The molecule has 21 heavy (non-hydrogen) atoms. The van der Waals surface area contributed by atoms with Gasteiger partial charge in [0.05, 0.1) is 11.2 Å². The molecule has 0 unspecified atom stereocenters. The molecule has 0 fully saturated rings. The van der Waals surface area contributed by atoms with E-state index in [9.17, 15) is 9.59 Å². The highest BCUT2D eigenvalue weighted by atomic mass is 32.1. The molecule has 5 nitrogen and oxygen atoms in total. The summed E-state index contributed by atoms with van der Waals surface area (Å²) < 4.78 is 0. The van der Waals surface area contributed by atoms with Crippen molar-refractivity contribution < 1.29 is 9.59 Å². The summed E-state index contributed by atoms with van der Waals surface area (Å²) in [6, 6.07) is -0.511. The number of likely N-dealkylation sites (N-methyl/N-ethyl adjacent to an activating group) is 1. The zero-order valence-corrected chi connectivity index (χ0v) is 14.4. The normalized spacial score (nSPS) is 13.1. The largest absolute Gasteiger partial charge is 0.357 e. The summed E-state index contributed by atoms with van der Waals surface area (Å²) >= 11 is 1.37. The first-order valence-electron chi connectivity index (χ1n) is 7.14. The Kier molecular flexibility index (Phi) is 5.89. The minimum absolute atomic E-state index is 0.0820. The fourth-order valence-electron chi connectivity index (χ4n) is 1.83. The highest BCUT2D eigenvalue weighted by Gasteiger charge is 2.24. The van der Waals surface area contributed by atoms with Crippen LogP contribution >= 0.6 is 11.3 Å². The van der Waals surface area contributed by atoms with Crippen molar-refractivity contribution in [1.82, 2.24) is 15.6 Å². The van der Waals surface area contributed by atoms with E-state index >= 15 is 0 Å². The van der Waals surface area contributed by atoms with Crippen LogP contribution in [0.2, 0.25) is 0 Å². The molecule has 0 saturated heterocycles. The second-order valence-electron chi connectivity index (χ2n) is 6.55. The van der Waals surface area contributed by atoms with E-state index in [4.69, 9.17) is 0 Å². The molecule has 1 atom stereocenters. The lowest BCUT2D eigenvalue weighted by Gasteiger charge is -2.18. The molecule has 0 radical (unpaired) electrons. The fraction of sp³-hybridized carbons (Fsp3) is 0.667. The Balaban J connectivity index is 2.82. The lowest BCUT2D eigenvalue weighted by Crippen LogP contribution is -2.46. The molecule has 1 aromatic rings. The van der Waals surface area contributed by atoms with Gasteiger partial charge in [-0.2, -0.15) is 0 Å². The third-order valence-electron chi connectivity index (χ3n) is 2.95. The van der Waals surface area contributed by atoms with Gasteiger partial charge in [0.1, 0.15) is 10.9 Å². The van der Waals surface area contributed by atoms with E-state index in [1.165, 1.54) is 11.3 Å². The molecule has 0 aromatic carbocycles. The molecule has 6 heteroatoms. The maximum atomic E-state index is 12.3. The average molecular weight is 311 g/mol. The molecular formula is C15H25N3O2S. The monoisotopic (exact) mass is 311 g/mol. The van der Waals surface area contributed by atoms with Crippen LogP contribution in [0, 0.1) is 5.92 Å². The topological polar surface area (TPSA) is 71.1 Å². The van der Waals surface area contributed by atoms with Crippen molar-refractivity contribution >= 4 is 23.2 Å². The predicted molar refractivity (Wildman–Crippen MR) is 85.6 cm³/mol. The first-order valence-corrected chi connectivity index (χ1v) is 7.95. The zero-order valence-electron chi connectivity index (χ0n) is 13.6. The van der Waals surface area contributed by atoms with Gasteiger partial charge in [0, 0.05) is 12.5 Å². The number of nitrogens with zero attached hydrogens (tertiary/aromatic N) is 1. The molecule has 0 aliphatic heterocycles. The van der Waals surface area contributed by atoms with Gasteiger partial charge in [-0.3, -0.25) is 9.59 Å². The molecule has 2 amide bonds. The van der Waals surface area contributed by atoms with E-state index in [-0.39, 0.29) is 17.2 Å². The summed E-state index contributed by atoms with van der Waals surface area (Å²) in [6.07, 6.45) is 2.19. The smallest absolute Gasteiger partial charge is 0.263 e. The van der Waals surface area contributed by atoms with Crippen LogP contribution in [0.25, 0.3) is 0 Å². The number of thiazole rings is 1. The van der Waals surface area contributed by atoms with Gasteiger partial charge in [-0.25, -0.2) is 4.98 Å². The summed E-state index contributed by atoms with van der Waals surface area (Å²) in [7, 11) is 1.58. The van der Waals surface area contributed by atoms with Crippen molar-refractivity contribution in [2.24, 2.45) is 5.92 Å². The van der Waals surface area contributed by atoms with Crippen LogP contribution in [0.15, 0.2) is 6.20 Å². The Morgan fingerprint density at radius 2 is 1.95 bits per heavy atom. The molecule has 1 aromatic heterocycles. The highest BCUT2D eigenvalue weighted by molar-refractivity contribution is 7.13. The van der Waals surface area contributed by atoms with Gasteiger partial charge in [0.25, 0.3) is 5.91 Å². The Bertz CT molecular complexity index is 503. The van der Waals surface area contributed by atoms with Gasteiger partial charge in [-0.1, -0.05) is 34.6 Å². The molecule has 0 aliphatic rings. The van der Waals surface area contributed by atoms with Crippen LogP contribution in [0.4, 0.5) is 0 Å². The van der Waals surface area contributed by atoms with Gasteiger partial charge < -0.3 is 10.6 Å².